The number of nitrogens with zero attached hydrogens (tertiary/aromatic N) is 1. The second-order valence-corrected chi connectivity index (χ2v) is 5.18. The molecule has 4 nitrogen and oxygen atoms in total. The van der Waals surface area contributed by atoms with Gasteiger partial charge in [0.2, 0.25) is 12.9 Å². The van der Waals surface area contributed by atoms with Gasteiger partial charge in [0, 0.05) is 5.56 Å². The number of halogens is 1. The van der Waals surface area contributed by atoms with Crippen LogP contribution in [0, 0.1) is 6.92 Å². The first-order valence-corrected chi connectivity index (χ1v) is 6.15. The lowest BCUT2D eigenvalue weighted by Gasteiger charge is -2.14. The third-order valence-electron chi connectivity index (χ3n) is 3.33. The first kappa shape index (κ1) is 10.8. The van der Waals surface area contributed by atoms with E-state index in [-0.39, 0.29) is 12.3 Å². The minimum absolute atomic E-state index is 0.238. The number of rotatable bonds is 2. The average molecular weight is 296 g/mol. The molecule has 88 valence electrons. The number of aliphatic imine (C=N–C) groups is 1. The lowest BCUT2D eigenvalue weighted by molar-refractivity contribution is 0.173. The molecule has 1 aliphatic heterocycles. The summed E-state index contributed by atoms with van der Waals surface area (Å²) in [5.74, 6) is 1.49. The van der Waals surface area contributed by atoms with E-state index in [4.69, 9.17) is 9.47 Å². The van der Waals surface area contributed by atoms with E-state index >= 15 is 0 Å². The van der Waals surface area contributed by atoms with Crippen molar-refractivity contribution < 1.29 is 14.3 Å². The SMILES string of the molecule is Cc1c(C2(N=C=O)CC2)cc(Br)c2c1OCO2. The van der Waals surface area contributed by atoms with E-state index in [1.807, 2.05) is 13.0 Å². The van der Waals surface area contributed by atoms with Gasteiger partial charge in [-0.3, -0.25) is 0 Å². The van der Waals surface area contributed by atoms with Crippen LogP contribution in [0.15, 0.2) is 15.5 Å². The summed E-state index contributed by atoms with van der Waals surface area (Å²) in [6.07, 6.45) is 3.44. The van der Waals surface area contributed by atoms with Crippen molar-refractivity contribution in [2.45, 2.75) is 25.3 Å². The van der Waals surface area contributed by atoms with Crippen molar-refractivity contribution in [3.63, 3.8) is 0 Å². The first-order chi connectivity index (χ1) is 8.18. The van der Waals surface area contributed by atoms with Gasteiger partial charge in [0.1, 0.15) is 0 Å². The van der Waals surface area contributed by atoms with Crippen LogP contribution < -0.4 is 9.47 Å². The summed E-state index contributed by atoms with van der Waals surface area (Å²) in [7, 11) is 0. The van der Waals surface area contributed by atoms with Crippen LogP contribution in [0.2, 0.25) is 0 Å². The number of hydrogen-bond donors (Lipinski definition) is 0. The van der Waals surface area contributed by atoms with Gasteiger partial charge in [-0.25, -0.2) is 4.79 Å². The molecule has 1 heterocycles. The highest BCUT2D eigenvalue weighted by Gasteiger charge is 2.47. The Morgan fingerprint density at radius 1 is 1.41 bits per heavy atom. The number of benzene rings is 1. The highest BCUT2D eigenvalue weighted by Crippen LogP contribution is 2.54. The fourth-order valence-corrected chi connectivity index (χ4v) is 2.81. The quantitative estimate of drug-likeness (QED) is 0.623. The van der Waals surface area contributed by atoms with Crippen LogP contribution in [0.1, 0.15) is 24.0 Å². The molecule has 1 aromatic rings. The highest BCUT2D eigenvalue weighted by molar-refractivity contribution is 9.10. The van der Waals surface area contributed by atoms with Crippen LogP contribution in [0.25, 0.3) is 0 Å². The lowest BCUT2D eigenvalue weighted by Crippen LogP contribution is -2.05. The Labute approximate surface area is 107 Å². The number of isocyanates is 1. The fourth-order valence-electron chi connectivity index (χ4n) is 2.29. The summed E-state index contributed by atoms with van der Waals surface area (Å²) in [5, 5.41) is 0. The van der Waals surface area contributed by atoms with Crippen molar-refractivity contribution >= 4 is 22.0 Å². The molecule has 0 bridgehead atoms. The monoisotopic (exact) mass is 295 g/mol. The molecular formula is C12H10BrNO3. The summed E-state index contributed by atoms with van der Waals surface area (Å²) in [6.45, 7) is 2.21. The van der Waals surface area contributed by atoms with E-state index in [0.29, 0.717) is 0 Å². The van der Waals surface area contributed by atoms with Crippen molar-refractivity contribution in [2.24, 2.45) is 4.99 Å². The van der Waals surface area contributed by atoms with Gasteiger partial charge in [-0.15, -0.1) is 0 Å². The Morgan fingerprint density at radius 2 is 2.12 bits per heavy atom. The molecule has 1 aromatic carbocycles. The highest BCUT2D eigenvalue weighted by atomic mass is 79.9. The Hall–Kier alpha value is -1.32. The van der Waals surface area contributed by atoms with Gasteiger partial charge in [-0.2, -0.15) is 4.99 Å². The molecule has 3 rings (SSSR count). The molecule has 5 heteroatoms. The molecule has 1 saturated carbocycles. The minimum Gasteiger partial charge on any atom is -0.453 e. The first-order valence-electron chi connectivity index (χ1n) is 5.36. The molecule has 0 aromatic heterocycles. The Morgan fingerprint density at radius 3 is 2.76 bits per heavy atom. The number of fused-ring (bicyclic) bond motifs is 1. The summed E-state index contributed by atoms with van der Waals surface area (Å²) in [5.41, 5.74) is 1.64. The summed E-state index contributed by atoms with van der Waals surface area (Å²) >= 11 is 3.46. The summed E-state index contributed by atoms with van der Waals surface area (Å²) in [4.78, 5) is 14.4. The topological polar surface area (TPSA) is 47.9 Å². The van der Waals surface area contributed by atoms with Gasteiger partial charge < -0.3 is 9.47 Å². The molecule has 1 fully saturated rings. The molecule has 2 aliphatic rings. The van der Waals surface area contributed by atoms with E-state index in [9.17, 15) is 4.79 Å². The standard InChI is InChI=1S/C12H10BrNO3/c1-7-8(12(2-3-12)14-5-15)4-9(13)11-10(7)16-6-17-11/h4H,2-3,6H2,1H3. The molecule has 0 unspecified atom stereocenters. The zero-order valence-electron chi connectivity index (χ0n) is 9.25. The predicted molar refractivity (Wildman–Crippen MR) is 64.0 cm³/mol. The van der Waals surface area contributed by atoms with Crippen LogP contribution in [-0.2, 0) is 10.3 Å². The second kappa shape index (κ2) is 3.59. The minimum atomic E-state index is -0.380. The van der Waals surface area contributed by atoms with Gasteiger partial charge in [0.05, 0.1) is 10.0 Å². The van der Waals surface area contributed by atoms with Gasteiger partial charge >= 0.3 is 0 Å². The Balaban J connectivity index is 2.19. The number of hydrogen-bond acceptors (Lipinski definition) is 4. The molecule has 0 atom stereocenters. The maximum atomic E-state index is 10.5. The third kappa shape index (κ3) is 1.50. The zero-order valence-corrected chi connectivity index (χ0v) is 10.8. The summed E-state index contributed by atoms with van der Waals surface area (Å²) in [6, 6.07) is 1.97. The Bertz CT molecular complexity index is 545. The molecule has 0 radical (unpaired) electrons. The van der Waals surface area contributed by atoms with Crippen molar-refractivity contribution in [3.05, 3.63) is 21.7 Å². The average Bonchev–Trinajstić information content (AvgIpc) is 2.91. The smallest absolute Gasteiger partial charge is 0.235 e. The van der Waals surface area contributed by atoms with Gasteiger partial charge in [0.25, 0.3) is 0 Å². The maximum absolute atomic E-state index is 10.5. The van der Waals surface area contributed by atoms with Crippen LogP contribution in [0.5, 0.6) is 11.5 Å². The molecular weight excluding hydrogens is 286 g/mol. The number of ether oxygens (including phenoxy) is 2. The van der Waals surface area contributed by atoms with Crippen molar-refractivity contribution in [1.82, 2.24) is 0 Å². The van der Waals surface area contributed by atoms with Gasteiger partial charge in [-0.1, -0.05) is 0 Å². The van der Waals surface area contributed by atoms with E-state index < -0.39 is 0 Å². The lowest BCUT2D eigenvalue weighted by atomic mass is 9.98. The summed E-state index contributed by atoms with van der Waals surface area (Å²) < 4.78 is 11.7. The van der Waals surface area contributed by atoms with Crippen LogP contribution in [0.3, 0.4) is 0 Å². The van der Waals surface area contributed by atoms with Crippen molar-refractivity contribution in [1.29, 1.82) is 0 Å². The molecule has 0 spiro atoms. The maximum Gasteiger partial charge on any atom is 0.235 e. The van der Waals surface area contributed by atoms with Gasteiger partial charge in [0.15, 0.2) is 11.5 Å². The number of carbonyl (C=O) groups excluding carboxylic acids is 1. The van der Waals surface area contributed by atoms with Crippen LogP contribution in [-0.4, -0.2) is 12.9 Å². The molecule has 0 N–H and O–H groups in total. The molecule has 0 amide bonds. The van der Waals surface area contributed by atoms with E-state index in [1.54, 1.807) is 6.08 Å². The largest absolute Gasteiger partial charge is 0.453 e. The predicted octanol–water partition coefficient (Wildman–Crippen LogP) is 2.81. The third-order valence-corrected chi connectivity index (χ3v) is 3.92. The normalized spacial score (nSPS) is 18.7. The molecule has 17 heavy (non-hydrogen) atoms. The van der Waals surface area contributed by atoms with Crippen LogP contribution in [0.4, 0.5) is 0 Å². The van der Waals surface area contributed by atoms with Gasteiger partial charge in [-0.05, 0) is 47.3 Å². The van der Waals surface area contributed by atoms with Crippen molar-refractivity contribution in [3.8, 4) is 11.5 Å². The van der Waals surface area contributed by atoms with Crippen LogP contribution >= 0.6 is 15.9 Å². The zero-order chi connectivity index (χ0) is 12.0. The van der Waals surface area contributed by atoms with E-state index in [1.165, 1.54) is 0 Å². The molecule has 0 saturated heterocycles. The van der Waals surface area contributed by atoms with E-state index in [2.05, 4.69) is 20.9 Å². The fraction of sp³-hybridized carbons (Fsp3) is 0.417. The Kier molecular flexibility index (Phi) is 2.28. The second-order valence-electron chi connectivity index (χ2n) is 4.33. The van der Waals surface area contributed by atoms with E-state index in [0.717, 1.165) is 39.9 Å². The van der Waals surface area contributed by atoms with Crippen molar-refractivity contribution in [2.75, 3.05) is 6.79 Å². The molecule has 1 aliphatic carbocycles.